The zero-order valence-corrected chi connectivity index (χ0v) is 6.36. The summed E-state index contributed by atoms with van der Waals surface area (Å²) < 4.78 is 4.53. The number of ether oxygens (including phenoxy) is 1. The summed E-state index contributed by atoms with van der Waals surface area (Å²) in [5.74, 6) is 0. The molecule has 0 aromatic carbocycles. The highest BCUT2D eigenvalue weighted by molar-refractivity contribution is 5.70. The average molecular weight is 157 g/mol. The molecule has 1 aliphatic heterocycles. The van der Waals surface area contributed by atoms with Crippen molar-refractivity contribution in [3.63, 3.8) is 0 Å². The van der Waals surface area contributed by atoms with E-state index in [1.807, 2.05) is 0 Å². The van der Waals surface area contributed by atoms with Gasteiger partial charge >= 0.3 is 6.09 Å². The molecule has 11 heavy (non-hydrogen) atoms. The first kappa shape index (κ1) is 8.07. The van der Waals surface area contributed by atoms with Crippen molar-refractivity contribution in [2.45, 2.75) is 19.3 Å². The Morgan fingerprint density at radius 2 is 2.55 bits per heavy atom. The summed E-state index contributed by atoms with van der Waals surface area (Å²) in [4.78, 5) is 12.3. The molecule has 1 unspecified atom stereocenters. The molecule has 0 aliphatic carbocycles. The molecule has 1 N–H and O–H groups in total. The third-order valence-corrected chi connectivity index (χ3v) is 1.69. The Bertz CT molecular complexity index is 181. The van der Waals surface area contributed by atoms with Crippen LogP contribution in [0.25, 0.3) is 0 Å². The molecule has 2 atom stereocenters. The van der Waals surface area contributed by atoms with E-state index in [9.17, 15) is 4.79 Å². The second-order valence-electron chi connectivity index (χ2n) is 2.46. The summed E-state index contributed by atoms with van der Waals surface area (Å²) in [5, 5.41) is 9.05. The highest BCUT2D eigenvalue weighted by Crippen LogP contribution is 2.16. The largest absolute Gasteiger partial charge is 0.417 e. The Balaban J connectivity index is 2.63. The number of hydrogen-bond acceptors (Lipinski definition) is 3. The van der Waals surface area contributed by atoms with E-state index in [1.165, 1.54) is 4.90 Å². The number of aliphatic hydroxyl groups excluding tert-OH is 1. The molecule has 1 heterocycles. The third kappa shape index (κ3) is 1.35. The van der Waals surface area contributed by atoms with Gasteiger partial charge in [-0.25, -0.2) is 4.79 Å². The Hall–Kier alpha value is -1.03. The zero-order valence-electron chi connectivity index (χ0n) is 6.36. The molecule has 0 aromatic rings. The van der Waals surface area contributed by atoms with Gasteiger partial charge in [0.15, 0.2) is 0 Å². The van der Waals surface area contributed by atoms with Crippen LogP contribution in [-0.2, 0) is 4.74 Å². The minimum Gasteiger partial charge on any atom is -0.417 e. The second-order valence-corrected chi connectivity index (χ2v) is 2.46. The lowest BCUT2D eigenvalue weighted by atomic mass is 10.3. The molecule has 1 rings (SSSR count). The first-order valence-corrected chi connectivity index (χ1v) is 3.43. The SMILES string of the molecule is C=CCN1C(=O)OC(O)[C@H]1C. The van der Waals surface area contributed by atoms with Gasteiger partial charge in [-0.3, -0.25) is 4.90 Å². The summed E-state index contributed by atoms with van der Waals surface area (Å²) in [5.41, 5.74) is 0. The van der Waals surface area contributed by atoms with Gasteiger partial charge in [0.05, 0.1) is 6.04 Å². The van der Waals surface area contributed by atoms with Crippen LogP contribution < -0.4 is 0 Å². The van der Waals surface area contributed by atoms with Gasteiger partial charge in [0.2, 0.25) is 6.29 Å². The number of carbonyl (C=O) groups excluding carboxylic acids is 1. The number of nitrogens with zero attached hydrogens (tertiary/aromatic N) is 1. The third-order valence-electron chi connectivity index (χ3n) is 1.69. The maximum atomic E-state index is 10.9. The Morgan fingerprint density at radius 1 is 1.91 bits per heavy atom. The topological polar surface area (TPSA) is 49.8 Å². The molecule has 1 aliphatic rings. The predicted octanol–water partition coefficient (Wildman–Crippen LogP) is 0.332. The molecule has 0 radical (unpaired) electrons. The van der Waals surface area contributed by atoms with Gasteiger partial charge in [0.1, 0.15) is 0 Å². The Labute approximate surface area is 65.1 Å². The van der Waals surface area contributed by atoms with Crippen LogP contribution in [0.15, 0.2) is 12.7 Å². The van der Waals surface area contributed by atoms with Crippen LogP contribution in [0.3, 0.4) is 0 Å². The maximum absolute atomic E-state index is 10.9. The van der Waals surface area contributed by atoms with Crippen LogP contribution in [0.1, 0.15) is 6.92 Å². The van der Waals surface area contributed by atoms with Gasteiger partial charge in [-0.1, -0.05) is 6.08 Å². The highest BCUT2D eigenvalue weighted by Gasteiger charge is 2.36. The fourth-order valence-electron chi connectivity index (χ4n) is 0.970. The average Bonchev–Trinajstić information content (AvgIpc) is 2.17. The van der Waals surface area contributed by atoms with Gasteiger partial charge in [-0.2, -0.15) is 0 Å². The molecular formula is C7H11NO3. The summed E-state index contributed by atoms with van der Waals surface area (Å²) in [7, 11) is 0. The lowest BCUT2D eigenvalue weighted by Gasteiger charge is -2.15. The lowest BCUT2D eigenvalue weighted by Crippen LogP contribution is -2.33. The van der Waals surface area contributed by atoms with E-state index in [-0.39, 0.29) is 6.04 Å². The molecule has 1 saturated heterocycles. The number of amides is 1. The number of hydrogen-bond donors (Lipinski definition) is 1. The smallest absolute Gasteiger partial charge is 0.412 e. The van der Waals surface area contributed by atoms with Crippen molar-refractivity contribution < 1.29 is 14.6 Å². The van der Waals surface area contributed by atoms with E-state index in [2.05, 4.69) is 11.3 Å². The van der Waals surface area contributed by atoms with Crippen molar-refractivity contribution in [1.82, 2.24) is 4.90 Å². The Morgan fingerprint density at radius 3 is 2.91 bits per heavy atom. The number of carbonyl (C=O) groups is 1. The molecule has 4 heteroatoms. The van der Waals surface area contributed by atoms with Gasteiger partial charge < -0.3 is 9.84 Å². The van der Waals surface area contributed by atoms with Crippen molar-refractivity contribution in [1.29, 1.82) is 0 Å². The van der Waals surface area contributed by atoms with Crippen molar-refractivity contribution in [3.05, 3.63) is 12.7 Å². The highest BCUT2D eigenvalue weighted by atomic mass is 16.7. The van der Waals surface area contributed by atoms with Crippen LogP contribution >= 0.6 is 0 Å². The first-order chi connectivity index (χ1) is 5.16. The molecular weight excluding hydrogens is 146 g/mol. The molecule has 1 fully saturated rings. The molecule has 0 bridgehead atoms. The minimum atomic E-state index is -0.998. The second kappa shape index (κ2) is 2.92. The van der Waals surface area contributed by atoms with Crippen molar-refractivity contribution in [3.8, 4) is 0 Å². The van der Waals surface area contributed by atoms with E-state index in [0.717, 1.165) is 0 Å². The monoisotopic (exact) mass is 157 g/mol. The normalized spacial score (nSPS) is 30.4. The zero-order chi connectivity index (χ0) is 8.43. The summed E-state index contributed by atoms with van der Waals surface area (Å²) >= 11 is 0. The molecule has 1 amide bonds. The fraction of sp³-hybridized carbons (Fsp3) is 0.571. The Kier molecular flexibility index (Phi) is 2.14. The van der Waals surface area contributed by atoms with Crippen LogP contribution in [-0.4, -0.2) is 35.0 Å². The predicted molar refractivity (Wildman–Crippen MR) is 38.9 cm³/mol. The van der Waals surface area contributed by atoms with Crippen molar-refractivity contribution >= 4 is 6.09 Å². The fourth-order valence-corrected chi connectivity index (χ4v) is 0.970. The van der Waals surface area contributed by atoms with Crippen molar-refractivity contribution in [2.75, 3.05) is 6.54 Å². The van der Waals surface area contributed by atoms with E-state index >= 15 is 0 Å². The van der Waals surface area contributed by atoms with Crippen LogP contribution in [0, 0.1) is 0 Å². The van der Waals surface area contributed by atoms with E-state index in [0.29, 0.717) is 6.54 Å². The lowest BCUT2D eigenvalue weighted by molar-refractivity contribution is -0.0342. The standard InChI is InChI=1S/C7H11NO3/c1-3-4-8-5(2)6(9)11-7(8)10/h3,5-6,9H,1,4H2,2H3/t5-,6?/m1/s1. The van der Waals surface area contributed by atoms with Gasteiger partial charge in [-0.15, -0.1) is 6.58 Å². The maximum Gasteiger partial charge on any atom is 0.412 e. The summed E-state index contributed by atoms with van der Waals surface area (Å²) in [6.07, 6.45) is 0.114. The molecule has 0 spiro atoms. The van der Waals surface area contributed by atoms with Crippen LogP contribution in [0.5, 0.6) is 0 Å². The van der Waals surface area contributed by atoms with Gasteiger partial charge in [-0.05, 0) is 6.92 Å². The summed E-state index contributed by atoms with van der Waals surface area (Å²) in [6.45, 7) is 5.62. The molecule has 0 saturated carbocycles. The van der Waals surface area contributed by atoms with Gasteiger partial charge in [0, 0.05) is 6.54 Å². The molecule has 4 nitrogen and oxygen atoms in total. The van der Waals surface area contributed by atoms with Crippen LogP contribution in [0.2, 0.25) is 0 Å². The number of aliphatic hydroxyl groups is 1. The number of cyclic esters (lactones) is 1. The summed E-state index contributed by atoms with van der Waals surface area (Å²) in [6, 6.07) is -0.277. The van der Waals surface area contributed by atoms with E-state index in [4.69, 9.17) is 5.11 Å². The van der Waals surface area contributed by atoms with Gasteiger partial charge in [0.25, 0.3) is 0 Å². The number of rotatable bonds is 2. The quantitative estimate of drug-likeness (QED) is 0.588. The van der Waals surface area contributed by atoms with Crippen LogP contribution in [0.4, 0.5) is 4.79 Å². The minimum absolute atomic E-state index is 0.277. The van der Waals surface area contributed by atoms with E-state index in [1.54, 1.807) is 13.0 Å². The van der Waals surface area contributed by atoms with Crippen molar-refractivity contribution in [2.24, 2.45) is 0 Å². The first-order valence-electron chi connectivity index (χ1n) is 3.43. The molecule has 0 aromatic heterocycles. The van der Waals surface area contributed by atoms with E-state index < -0.39 is 12.4 Å². The molecule has 62 valence electrons.